The Hall–Kier alpha value is -1.63. The van der Waals surface area contributed by atoms with Crippen molar-refractivity contribution in [3.63, 3.8) is 0 Å². The number of ether oxygens (including phenoxy) is 4. The molecule has 5 fully saturated rings. The number of carbonyl (C=O) groups excluding carboxylic acids is 3. The van der Waals surface area contributed by atoms with Crippen molar-refractivity contribution in [2.24, 2.45) is 28.6 Å². The zero-order valence-corrected chi connectivity index (χ0v) is 19.7. The molecule has 0 unspecified atom stereocenters. The topological polar surface area (TPSA) is 91.4 Å². The summed E-state index contributed by atoms with van der Waals surface area (Å²) in [6.45, 7) is 7.14. The molecule has 5 rings (SSSR count). The van der Waals surface area contributed by atoms with E-state index in [0.29, 0.717) is 24.4 Å². The van der Waals surface area contributed by atoms with Crippen LogP contribution in [0, 0.1) is 28.6 Å². The van der Waals surface area contributed by atoms with Crippen molar-refractivity contribution in [2.75, 3.05) is 6.61 Å². The fourth-order valence-corrected chi connectivity index (χ4v) is 8.63. The summed E-state index contributed by atoms with van der Waals surface area (Å²) in [5, 5.41) is 0. The van der Waals surface area contributed by atoms with Gasteiger partial charge in [0.1, 0.15) is 17.8 Å². The Labute approximate surface area is 189 Å². The van der Waals surface area contributed by atoms with Gasteiger partial charge in [0.05, 0.1) is 12.7 Å². The summed E-state index contributed by atoms with van der Waals surface area (Å²) in [5.74, 6) is 0.466. The van der Waals surface area contributed by atoms with E-state index in [1.807, 2.05) is 0 Å². The van der Waals surface area contributed by atoms with Crippen LogP contribution in [0.3, 0.4) is 0 Å². The summed E-state index contributed by atoms with van der Waals surface area (Å²) in [6, 6.07) is 0. The summed E-state index contributed by atoms with van der Waals surface area (Å²) in [7, 11) is 0. The molecule has 5 aliphatic rings. The quantitative estimate of drug-likeness (QED) is 0.369. The van der Waals surface area contributed by atoms with Crippen LogP contribution in [0.15, 0.2) is 0 Å². The molecule has 1 spiro atoms. The number of hydrogen-bond acceptors (Lipinski definition) is 7. The van der Waals surface area contributed by atoms with Crippen LogP contribution in [0.2, 0.25) is 0 Å². The van der Waals surface area contributed by atoms with E-state index in [9.17, 15) is 14.4 Å². The predicted octanol–water partition coefficient (Wildman–Crippen LogP) is 3.57. The van der Waals surface area contributed by atoms with Crippen molar-refractivity contribution in [2.45, 2.75) is 103 Å². The highest BCUT2D eigenvalue weighted by molar-refractivity contribution is 5.67. The Kier molecular flexibility index (Phi) is 5.16. The first-order valence-corrected chi connectivity index (χ1v) is 12.3. The number of esters is 3. The van der Waals surface area contributed by atoms with Crippen LogP contribution in [0.4, 0.5) is 0 Å². The van der Waals surface area contributed by atoms with Gasteiger partial charge in [-0.05, 0) is 62.7 Å². The normalized spacial score (nSPS) is 48.4. The lowest BCUT2D eigenvalue weighted by molar-refractivity contribution is -0.195. The number of hydrogen-bond donors (Lipinski definition) is 0. The second-order valence-electron chi connectivity index (χ2n) is 11.2. The fraction of sp³-hybridized carbons (Fsp3) is 0.880. The molecule has 178 valence electrons. The number of epoxide rings is 1. The van der Waals surface area contributed by atoms with Crippen LogP contribution in [-0.4, -0.2) is 48.4 Å². The highest BCUT2D eigenvalue weighted by Gasteiger charge is 2.81. The third kappa shape index (κ3) is 3.06. The van der Waals surface area contributed by atoms with Gasteiger partial charge in [-0.3, -0.25) is 14.4 Å². The summed E-state index contributed by atoms with van der Waals surface area (Å²) < 4.78 is 23.6. The fourth-order valence-electron chi connectivity index (χ4n) is 8.63. The highest BCUT2D eigenvalue weighted by Crippen LogP contribution is 2.75. The minimum absolute atomic E-state index is 0.0451. The van der Waals surface area contributed by atoms with Crippen LogP contribution in [0.1, 0.15) is 79.1 Å². The summed E-state index contributed by atoms with van der Waals surface area (Å²) in [4.78, 5) is 35.1. The van der Waals surface area contributed by atoms with Gasteiger partial charge >= 0.3 is 17.9 Å². The third-order valence-electron chi connectivity index (χ3n) is 9.84. The van der Waals surface area contributed by atoms with E-state index < -0.39 is 0 Å². The molecule has 0 aromatic carbocycles. The van der Waals surface area contributed by atoms with Crippen LogP contribution in [0.5, 0.6) is 0 Å². The maximum atomic E-state index is 11.8. The summed E-state index contributed by atoms with van der Waals surface area (Å²) in [5.41, 5.74) is -0.483. The molecule has 0 amide bonds. The van der Waals surface area contributed by atoms with Crippen LogP contribution >= 0.6 is 0 Å². The average Bonchev–Trinajstić information content (AvgIpc) is 3.37. The van der Waals surface area contributed by atoms with Crippen molar-refractivity contribution in [1.29, 1.82) is 0 Å². The first-order chi connectivity index (χ1) is 15.1. The molecule has 0 N–H and O–H groups in total. The largest absolute Gasteiger partial charge is 0.465 e. The molecule has 7 heteroatoms. The molecule has 7 nitrogen and oxygen atoms in total. The second-order valence-corrected chi connectivity index (χ2v) is 11.2. The van der Waals surface area contributed by atoms with E-state index in [4.69, 9.17) is 18.9 Å². The molecule has 32 heavy (non-hydrogen) atoms. The minimum Gasteiger partial charge on any atom is -0.465 e. The van der Waals surface area contributed by atoms with Crippen LogP contribution in [0.25, 0.3) is 0 Å². The van der Waals surface area contributed by atoms with Crippen LogP contribution < -0.4 is 0 Å². The number of fused-ring (bicyclic) bond motifs is 3. The molecule has 1 saturated heterocycles. The van der Waals surface area contributed by atoms with E-state index in [0.717, 1.165) is 51.4 Å². The van der Waals surface area contributed by atoms with Gasteiger partial charge in [-0.1, -0.05) is 6.92 Å². The van der Waals surface area contributed by atoms with Gasteiger partial charge in [0.15, 0.2) is 0 Å². The maximum Gasteiger partial charge on any atom is 0.302 e. The monoisotopic (exact) mass is 448 g/mol. The number of rotatable bonds is 4. The summed E-state index contributed by atoms with van der Waals surface area (Å²) >= 11 is 0. The van der Waals surface area contributed by atoms with E-state index in [1.165, 1.54) is 20.8 Å². The first kappa shape index (κ1) is 22.2. The Bertz CT molecular complexity index is 825. The standard InChI is InChI=1S/C25H36O7/c1-14(26)29-13-24-10-7-18(30-15(2)27)11-17(24)5-6-20-19(24)8-9-23(4)21(31-16(3)28)12-22-25(20,23)32-22/h17-22H,5-13H2,1-4H3/t17-,18-,19-,20+,21-,22-,23+,24+,25-/m0/s1. The molecule has 1 heterocycles. The van der Waals surface area contributed by atoms with Gasteiger partial charge in [0.25, 0.3) is 0 Å². The molecular weight excluding hydrogens is 412 g/mol. The van der Waals surface area contributed by atoms with Crippen molar-refractivity contribution in [3.05, 3.63) is 0 Å². The average molecular weight is 449 g/mol. The van der Waals surface area contributed by atoms with Crippen molar-refractivity contribution in [3.8, 4) is 0 Å². The van der Waals surface area contributed by atoms with Gasteiger partial charge < -0.3 is 18.9 Å². The van der Waals surface area contributed by atoms with E-state index in [2.05, 4.69) is 6.92 Å². The zero-order valence-electron chi connectivity index (χ0n) is 19.7. The highest BCUT2D eigenvalue weighted by atomic mass is 16.6. The molecule has 4 aliphatic carbocycles. The van der Waals surface area contributed by atoms with Gasteiger partial charge in [0.2, 0.25) is 0 Å². The first-order valence-electron chi connectivity index (χ1n) is 12.3. The Balaban J connectivity index is 1.44. The van der Waals surface area contributed by atoms with Crippen LogP contribution in [-0.2, 0) is 33.3 Å². The smallest absolute Gasteiger partial charge is 0.302 e. The molecular formula is C25H36O7. The lowest BCUT2D eigenvalue weighted by Gasteiger charge is -2.61. The lowest BCUT2D eigenvalue weighted by atomic mass is 9.44. The lowest BCUT2D eigenvalue weighted by Crippen LogP contribution is -2.61. The van der Waals surface area contributed by atoms with E-state index >= 15 is 0 Å². The van der Waals surface area contributed by atoms with E-state index in [1.54, 1.807) is 0 Å². The Morgan fingerprint density at radius 3 is 2.31 bits per heavy atom. The van der Waals surface area contributed by atoms with Gasteiger partial charge in [-0.2, -0.15) is 0 Å². The van der Waals surface area contributed by atoms with Crippen molar-refractivity contribution >= 4 is 17.9 Å². The molecule has 0 bridgehead atoms. The minimum atomic E-state index is -0.238. The van der Waals surface area contributed by atoms with E-state index in [-0.39, 0.29) is 52.7 Å². The summed E-state index contributed by atoms with van der Waals surface area (Å²) in [6.07, 6.45) is 7.41. The molecule has 9 atom stereocenters. The second kappa shape index (κ2) is 7.44. The molecule has 1 aliphatic heterocycles. The predicted molar refractivity (Wildman–Crippen MR) is 113 cm³/mol. The zero-order chi connectivity index (χ0) is 22.9. The maximum absolute atomic E-state index is 11.8. The molecule has 0 radical (unpaired) electrons. The molecule has 0 aromatic heterocycles. The SMILES string of the molecule is CC(=O)OC[C@]12CC[C@H](OC(C)=O)C[C@@H]1CC[C@@H]1[C@@H]2CC[C@]2(C)[C@@H](OC(C)=O)C[C@@H]3O[C@]312. The van der Waals surface area contributed by atoms with Gasteiger partial charge in [-0.25, -0.2) is 0 Å². The molecule has 0 aromatic rings. The number of carbonyl (C=O) groups is 3. The van der Waals surface area contributed by atoms with Gasteiger partial charge in [0, 0.05) is 38.0 Å². The molecule has 4 saturated carbocycles. The van der Waals surface area contributed by atoms with Crippen molar-refractivity contribution in [1.82, 2.24) is 0 Å². The van der Waals surface area contributed by atoms with Gasteiger partial charge in [-0.15, -0.1) is 0 Å². The Morgan fingerprint density at radius 1 is 0.875 bits per heavy atom. The van der Waals surface area contributed by atoms with Crippen molar-refractivity contribution < 1.29 is 33.3 Å². The Morgan fingerprint density at radius 2 is 1.62 bits per heavy atom. The third-order valence-corrected chi connectivity index (χ3v) is 9.84.